The Morgan fingerprint density at radius 2 is 1.12 bits per heavy atom. The minimum Gasteiger partial charge on any atom is -0.458 e. The first-order valence-electron chi connectivity index (χ1n) is 18.0. The second kappa shape index (κ2) is 15.7. The van der Waals surface area contributed by atoms with Crippen LogP contribution in [0.3, 0.4) is 0 Å². The minimum atomic E-state index is -6.24. The minimum absolute atomic E-state index is 0.0205. The highest BCUT2D eigenvalue weighted by Gasteiger charge is 2.78. The summed E-state index contributed by atoms with van der Waals surface area (Å²) < 4.78 is 215. The van der Waals surface area contributed by atoms with Crippen molar-refractivity contribution in [2.24, 2.45) is 23.2 Å². The first-order chi connectivity index (χ1) is 25.0. The predicted octanol–water partition coefficient (Wildman–Crippen LogP) is 9.05. The van der Waals surface area contributed by atoms with E-state index in [1.54, 1.807) is 6.92 Å². The van der Waals surface area contributed by atoms with Gasteiger partial charge in [-0.05, 0) is 77.6 Å². The molecule has 4 bridgehead atoms. The number of aliphatic hydroxyl groups is 3. The highest BCUT2D eigenvalue weighted by Crippen LogP contribution is 2.62. The number of rotatable bonds is 11. The van der Waals surface area contributed by atoms with E-state index in [1.807, 2.05) is 0 Å². The van der Waals surface area contributed by atoms with Crippen LogP contribution in [-0.2, 0) is 19.0 Å². The molecule has 5 aliphatic carbocycles. The lowest BCUT2D eigenvalue weighted by atomic mass is 9.50. The molecular weight excluding hydrogens is 805 g/mol. The normalized spacial score (nSPS) is 32.0. The maximum absolute atomic E-state index is 13.7. The summed E-state index contributed by atoms with van der Waals surface area (Å²) in [5.74, 6) is -6.53. The molecule has 0 saturated heterocycles. The molecule has 5 fully saturated rings. The molecule has 5 aliphatic rings. The molecule has 22 heteroatoms. The molecule has 0 aromatic heterocycles. The summed E-state index contributed by atoms with van der Waals surface area (Å²) in [4.78, 5) is 12.3. The molecule has 330 valence electrons. The third-order valence-corrected chi connectivity index (χ3v) is 12.0. The van der Waals surface area contributed by atoms with Gasteiger partial charge in [0.25, 0.3) is 11.2 Å². The highest BCUT2D eigenvalue weighted by molar-refractivity contribution is 5.78. The van der Waals surface area contributed by atoms with Crippen molar-refractivity contribution in [1.82, 2.24) is 0 Å². The van der Waals surface area contributed by atoms with Crippen LogP contribution in [0.25, 0.3) is 0 Å². The van der Waals surface area contributed by atoms with Gasteiger partial charge in [0, 0.05) is 31.1 Å². The predicted molar refractivity (Wildman–Crippen MR) is 163 cm³/mol. The summed E-state index contributed by atoms with van der Waals surface area (Å²) in [6.45, 7) is 3.47. The van der Waals surface area contributed by atoms with Crippen LogP contribution in [0.15, 0.2) is 0 Å². The lowest BCUT2D eigenvalue weighted by molar-refractivity contribution is -0.407. The molecular formula is C34H47F15O7. The van der Waals surface area contributed by atoms with Crippen molar-refractivity contribution in [3.05, 3.63) is 0 Å². The van der Waals surface area contributed by atoms with Gasteiger partial charge in [0.1, 0.15) is 5.60 Å². The van der Waals surface area contributed by atoms with E-state index in [1.165, 1.54) is 13.8 Å². The number of esters is 1. The molecule has 0 radical (unpaired) electrons. The molecule has 0 spiro atoms. The summed E-state index contributed by atoms with van der Waals surface area (Å²) in [6.07, 6.45) is -33.4. The summed E-state index contributed by atoms with van der Waals surface area (Å²) in [7, 11) is 0. The Morgan fingerprint density at radius 1 is 0.679 bits per heavy atom. The van der Waals surface area contributed by atoms with Crippen molar-refractivity contribution in [1.29, 1.82) is 0 Å². The molecule has 0 amide bonds. The van der Waals surface area contributed by atoms with Crippen LogP contribution in [0, 0.1) is 23.2 Å². The van der Waals surface area contributed by atoms with Gasteiger partial charge < -0.3 is 29.5 Å². The van der Waals surface area contributed by atoms with Crippen LogP contribution in [0.2, 0.25) is 0 Å². The smallest absolute Gasteiger partial charge is 0.426 e. The van der Waals surface area contributed by atoms with E-state index in [-0.39, 0.29) is 25.2 Å². The molecule has 56 heavy (non-hydrogen) atoms. The van der Waals surface area contributed by atoms with Crippen LogP contribution >= 0.6 is 0 Å². The van der Waals surface area contributed by atoms with Gasteiger partial charge in [0.2, 0.25) is 0 Å². The average Bonchev–Trinajstić information content (AvgIpc) is 2.99. The number of ether oxygens (including phenoxy) is 3. The zero-order valence-electron chi connectivity index (χ0n) is 30.9. The lowest BCUT2D eigenvalue weighted by Gasteiger charge is -2.62. The van der Waals surface area contributed by atoms with E-state index in [9.17, 15) is 86.0 Å². The van der Waals surface area contributed by atoms with Crippen LogP contribution in [-0.4, -0.2) is 99.5 Å². The van der Waals surface area contributed by atoms with Gasteiger partial charge in [-0.2, -0.15) is 65.9 Å². The van der Waals surface area contributed by atoms with Crippen molar-refractivity contribution in [2.75, 3.05) is 13.2 Å². The maximum atomic E-state index is 13.7. The number of halogens is 15. The summed E-state index contributed by atoms with van der Waals surface area (Å²) in [5, 5.41) is 30.6. The number of carbonyl (C=O) groups is 1. The van der Waals surface area contributed by atoms with Crippen molar-refractivity contribution >= 4 is 5.97 Å². The van der Waals surface area contributed by atoms with Crippen molar-refractivity contribution in [3.63, 3.8) is 0 Å². The van der Waals surface area contributed by atoms with Crippen molar-refractivity contribution in [3.8, 4) is 0 Å². The fraction of sp³-hybridized carbons (Fsp3) is 0.971. The highest BCUT2D eigenvalue weighted by atomic mass is 19.4. The van der Waals surface area contributed by atoms with Gasteiger partial charge in [-0.3, -0.25) is 4.79 Å². The molecule has 4 unspecified atom stereocenters. The Kier molecular flexibility index (Phi) is 13.6. The van der Waals surface area contributed by atoms with Crippen molar-refractivity contribution in [2.45, 2.75) is 170 Å². The molecule has 4 atom stereocenters. The van der Waals surface area contributed by atoms with Crippen LogP contribution in [0.4, 0.5) is 65.9 Å². The van der Waals surface area contributed by atoms with Crippen LogP contribution in [0.5, 0.6) is 0 Å². The molecule has 0 aliphatic heterocycles. The van der Waals surface area contributed by atoms with Gasteiger partial charge in [0.15, 0.2) is 5.41 Å². The average molecular weight is 853 g/mol. The van der Waals surface area contributed by atoms with Crippen LogP contribution in [0.1, 0.15) is 105 Å². The van der Waals surface area contributed by atoms with Crippen LogP contribution < -0.4 is 0 Å². The van der Waals surface area contributed by atoms with E-state index in [4.69, 9.17) is 9.47 Å². The zero-order valence-corrected chi connectivity index (χ0v) is 30.9. The molecule has 0 aromatic carbocycles. The van der Waals surface area contributed by atoms with Gasteiger partial charge in [-0.15, -0.1) is 0 Å². The van der Waals surface area contributed by atoms with E-state index in [0.717, 1.165) is 6.92 Å². The first-order valence-corrected chi connectivity index (χ1v) is 18.0. The maximum Gasteiger partial charge on any atom is 0.426 e. The summed E-state index contributed by atoms with van der Waals surface area (Å²) >= 11 is 0. The number of hydrogen-bond acceptors (Lipinski definition) is 7. The molecule has 3 N–H and O–H groups in total. The van der Waals surface area contributed by atoms with Gasteiger partial charge in [-0.25, -0.2) is 0 Å². The monoisotopic (exact) mass is 852 g/mol. The zero-order chi connectivity index (χ0) is 43.4. The van der Waals surface area contributed by atoms with E-state index >= 15 is 0 Å². The summed E-state index contributed by atoms with van der Waals surface area (Å²) in [5.41, 5.74) is -16.1. The molecule has 5 rings (SSSR count). The van der Waals surface area contributed by atoms with Crippen molar-refractivity contribution < 1.29 is 100 Å². The molecule has 5 saturated carbocycles. The third kappa shape index (κ3) is 9.17. The summed E-state index contributed by atoms with van der Waals surface area (Å²) in [6, 6.07) is 0. The largest absolute Gasteiger partial charge is 0.458 e. The second-order valence-electron chi connectivity index (χ2n) is 16.2. The van der Waals surface area contributed by atoms with Gasteiger partial charge in [-0.1, -0.05) is 13.8 Å². The molecule has 0 aromatic rings. The topological polar surface area (TPSA) is 105 Å². The lowest BCUT2D eigenvalue weighted by Crippen LogP contribution is -2.67. The van der Waals surface area contributed by atoms with E-state index in [2.05, 4.69) is 4.74 Å². The number of carbonyl (C=O) groups excluding carboxylic acids is 1. The fourth-order valence-electron chi connectivity index (χ4n) is 9.15. The Morgan fingerprint density at radius 3 is 1.48 bits per heavy atom. The molecule has 0 heterocycles. The Hall–Kier alpha value is -1.78. The fourth-order valence-corrected chi connectivity index (χ4v) is 9.15. The Balaban J connectivity index is 0.000000318. The Bertz CT molecular complexity index is 1310. The van der Waals surface area contributed by atoms with E-state index in [0.29, 0.717) is 25.7 Å². The first kappa shape index (κ1) is 48.6. The number of hydrogen-bond donors (Lipinski definition) is 3. The van der Waals surface area contributed by atoms with Gasteiger partial charge >= 0.3 is 36.9 Å². The Labute approximate surface area is 312 Å². The number of alkyl halides is 15. The quantitative estimate of drug-likeness (QED) is 0.108. The SMILES string of the molecule is CCC(C)(C(=O)OC12CC3CC(O)(CC(O)(C3)C1)C2)C(F)(F)F.CCC(C)OCCOC(C1CCC(C(O)(C(F)(F)F)C(F)(F)F)CC1)(C(F)(F)F)C(F)(F)F. The van der Waals surface area contributed by atoms with Gasteiger partial charge in [0.05, 0.1) is 30.5 Å². The molecule has 7 nitrogen and oxygen atoms in total. The standard InChI is InChI=1S/C18H24F12O3.C16H23F3O4/c1-3-10(2)32-8-9-33-14(17(25,26)27,18(28,29)30)12-6-4-11(5-7-12)13(31,15(19,20)21)16(22,23)24;1-3-12(2,16(17,18)19)11(20)23-15-6-10-4-13(21,8-15)7-14(22,5-10)9-15/h10-12,31H,3-9H2,1-2H3;10,21-22H,3-9H2,1-2H3. The second-order valence-corrected chi connectivity index (χ2v) is 16.2. The van der Waals surface area contributed by atoms with E-state index < -0.39 is 134 Å². The third-order valence-electron chi connectivity index (χ3n) is 12.0.